The lowest BCUT2D eigenvalue weighted by Crippen LogP contribution is -2.30. The third kappa shape index (κ3) is 3.71. The molecule has 0 aromatic carbocycles. The average Bonchev–Trinajstić information content (AvgIpc) is 2.88. The van der Waals surface area contributed by atoms with Crippen LogP contribution in [0.4, 0.5) is 0 Å². The summed E-state index contributed by atoms with van der Waals surface area (Å²) < 4.78 is 0. The molecule has 2 unspecified atom stereocenters. The smallest absolute Gasteiger partial charge is 0.157 e. The molecule has 86 valence electrons. The summed E-state index contributed by atoms with van der Waals surface area (Å²) in [6.07, 6.45) is 6.81. The van der Waals surface area contributed by atoms with E-state index in [-0.39, 0.29) is 0 Å². The van der Waals surface area contributed by atoms with Crippen LogP contribution in [0.3, 0.4) is 0 Å². The molecule has 2 atom stereocenters. The lowest BCUT2D eigenvalue weighted by atomic mass is 10.2. The number of nitrogens with zero attached hydrogens (tertiary/aromatic N) is 1. The fraction of sp³-hybridized carbons (Fsp3) is 0.917. The molecule has 1 N–H and O–H groups in total. The lowest BCUT2D eigenvalue weighted by Gasteiger charge is -2.14. The standard InChI is InChI=1S/C12H22N2S/c1-3-4-11-8-13-12(15-11)14-9(2)7-10-5-6-10/h9-11H,3-8H2,1-2H3,(H,13,14). The molecule has 15 heavy (non-hydrogen) atoms. The average molecular weight is 226 g/mol. The Labute approximate surface area is 97.3 Å². The topological polar surface area (TPSA) is 24.4 Å². The van der Waals surface area contributed by atoms with Crippen molar-refractivity contribution >= 4 is 16.9 Å². The van der Waals surface area contributed by atoms with Gasteiger partial charge < -0.3 is 5.32 Å². The Morgan fingerprint density at radius 3 is 3.00 bits per heavy atom. The van der Waals surface area contributed by atoms with Gasteiger partial charge in [-0.3, -0.25) is 4.99 Å². The minimum absolute atomic E-state index is 0.615. The van der Waals surface area contributed by atoms with Gasteiger partial charge in [-0.05, 0) is 25.7 Å². The highest BCUT2D eigenvalue weighted by Gasteiger charge is 2.25. The second-order valence-electron chi connectivity index (χ2n) is 4.90. The predicted octanol–water partition coefficient (Wildman–Crippen LogP) is 3.04. The third-order valence-electron chi connectivity index (χ3n) is 3.08. The van der Waals surface area contributed by atoms with Gasteiger partial charge in [0.15, 0.2) is 5.17 Å². The molecule has 1 aliphatic heterocycles. The highest BCUT2D eigenvalue weighted by molar-refractivity contribution is 8.14. The van der Waals surface area contributed by atoms with Gasteiger partial charge in [-0.2, -0.15) is 0 Å². The first-order valence-corrected chi connectivity index (χ1v) is 7.13. The van der Waals surface area contributed by atoms with Crippen LogP contribution in [0.25, 0.3) is 0 Å². The molecule has 1 heterocycles. The molecule has 0 bridgehead atoms. The minimum atomic E-state index is 0.615. The quantitative estimate of drug-likeness (QED) is 0.779. The Kier molecular flexibility index (Phi) is 3.95. The van der Waals surface area contributed by atoms with E-state index < -0.39 is 0 Å². The summed E-state index contributed by atoms with van der Waals surface area (Å²) in [5.74, 6) is 1.01. The van der Waals surface area contributed by atoms with E-state index in [4.69, 9.17) is 0 Å². The number of nitrogens with one attached hydrogen (secondary N) is 1. The van der Waals surface area contributed by atoms with E-state index in [1.54, 1.807) is 0 Å². The molecule has 0 radical (unpaired) electrons. The molecular formula is C12H22N2S. The van der Waals surface area contributed by atoms with E-state index in [2.05, 4.69) is 24.2 Å². The zero-order valence-electron chi connectivity index (χ0n) is 9.83. The second-order valence-corrected chi connectivity index (χ2v) is 6.19. The molecular weight excluding hydrogens is 204 g/mol. The van der Waals surface area contributed by atoms with Crippen LogP contribution in [-0.2, 0) is 0 Å². The molecule has 0 spiro atoms. The van der Waals surface area contributed by atoms with Crippen molar-refractivity contribution in [1.29, 1.82) is 0 Å². The highest BCUT2D eigenvalue weighted by atomic mass is 32.2. The molecule has 3 heteroatoms. The Balaban J connectivity index is 1.66. The van der Waals surface area contributed by atoms with E-state index in [0.717, 1.165) is 17.7 Å². The molecule has 0 aromatic heterocycles. The minimum Gasteiger partial charge on any atom is -0.362 e. The highest BCUT2D eigenvalue weighted by Crippen LogP contribution is 2.33. The van der Waals surface area contributed by atoms with Crippen molar-refractivity contribution in [3.63, 3.8) is 0 Å². The van der Waals surface area contributed by atoms with Crippen molar-refractivity contribution < 1.29 is 0 Å². The van der Waals surface area contributed by atoms with Gasteiger partial charge in [0, 0.05) is 11.3 Å². The maximum absolute atomic E-state index is 4.57. The van der Waals surface area contributed by atoms with Crippen LogP contribution in [0.1, 0.15) is 46.0 Å². The first-order chi connectivity index (χ1) is 7.28. The summed E-state index contributed by atoms with van der Waals surface area (Å²) in [4.78, 5) is 4.57. The molecule has 0 amide bonds. The zero-order valence-corrected chi connectivity index (χ0v) is 10.6. The van der Waals surface area contributed by atoms with E-state index in [1.165, 1.54) is 37.3 Å². The van der Waals surface area contributed by atoms with Crippen LogP contribution in [0.15, 0.2) is 4.99 Å². The van der Waals surface area contributed by atoms with Crippen LogP contribution in [0.5, 0.6) is 0 Å². The maximum atomic E-state index is 4.57. The van der Waals surface area contributed by atoms with Crippen molar-refractivity contribution in [3.8, 4) is 0 Å². The van der Waals surface area contributed by atoms with Gasteiger partial charge in [0.1, 0.15) is 0 Å². The fourth-order valence-corrected chi connectivity index (χ4v) is 3.33. The van der Waals surface area contributed by atoms with Gasteiger partial charge in [0.25, 0.3) is 0 Å². The third-order valence-corrected chi connectivity index (χ3v) is 4.27. The Morgan fingerprint density at radius 1 is 1.53 bits per heavy atom. The van der Waals surface area contributed by atoms with Gasteiger partial charge in [-0.15, -0.1) is 0 Å². The number of rotatable bonds is 5. The molecule has 2 rings (SSSR count). The maximum Gasteiger partial charge on any atom is 0.157 e. The van der Waals surface area contributed by atoms with Crippen LogP contribution in [0.2, 0.25) is 0 Å². The Hall–Kier alpha value is -0.180. The fourth-order valence-electron chi connectivity index (χ4n) is 2.09. The van der Waals surface area contributed by atoms with Crippen LogP contribution < -0.4 is 5.32 Å². The van der Waals surface area contributed by atoms with E-state index in [1.807, 2.05) is 11.8 Å². The number of aliphatic imine (C=N–C) groups is 1. The molecule has 2 nitrogen and oxygen atoms in total. The lowest BCUT2D eigenvalue weighted by molar-refractivity contribution is 0.566. The molecule has 2 aliphatic rings. The monoisotopic (exact) mass is 226 g/mol. The molecule has 1 aliphatic carbocycles. The Morgan fingerprint density at radius 2 is 2.33 bits per heavy atom. The normalized spacial score (nSPS) is 27.6. The van der Waals surface area contributed by atoms with Gasteiger partial charge in [0.05, 0.1) is 6.54 Å². The van der Waals surface area contributed by atoms with Crippen molar-refractivity contribution in [2.24, 2.45) is 10.9 Å². The largest absolute Gasteiger partial charge is 0.362 e. The predicted molar refractivity (Wildman–Crippen MR) is 68.5 cm³/mol. The SMILES string of the molecule is CCCC1CN=C(NC(C)CC2CC2)S1. The zero-order chi connectivity index (χ0) is 10.7. The molecule has 1 fully saturated rings. The van der Waals surface area contributed by atoms with Gasteiger partial charge in [0.2, 0.25) is 0 Å². The molecule has 1 saturated carbocycles. The van der Waals surface area contributed by atoms with E-state index in [9.17, 15) is 0 Å². The van der Waals surface area contributed by atoms with Gasteiger partial charge >= 0.3 is 0 Å². The number of hydrogen-bond donors (Lipinski definition) is 1. The van der Waals surface area contributed by atoms with Crippen molar-refractivity contribution in [2.45, 2.75) is 57.2 Å². The number of thioether (sulfide) groups is 1. The first-order valence-electron chi connectivity index (χ1n) is 6.25. The Bertz CT molecular complexity index is 236. The van der Waals surface area contributed by atoms with Crippen LogP contribution >= 0.6 is 11.8 Å². The van der Waals surface area contributed by atoms with Crippen LogP contribution in [-0.4, -0.2) is 23.0 Å². The van der Waals surface area contributed by atoms with E-state index in [0.29, 0.717) is 6.04 Å². The molecule has 0 aromatic rings. The van der Waals surface area contributed by atoms with Crippen LogP contribution in [0, 0.1) is 5.92 Å². The summed E-state index contributed by atoms with van der Waals surface area (Å²) in [5, 5.41) is 5.49. The van der Waals surface area contributed by atoms with Crippen molar-refractivity contribution in [2.75, 3.05) is 6.54 Å². The van der Waals surface area contributed by atoms with Gasteiger partial charge in [-0.1, -0.05) is 37.9 Å². The number of hydrogen-bond acceptors (Lipinski definition) is 3. The molecule has 0 saturated heterocycles. The summed E-state index contributed by atoms with van der Waals surface area (Å²) in [5.41, 5.74) is 0. The summed E-state index contributed by atoms with van der Waals surface area (Å²) >= 11 is 1.95. The first kappa shape index (κ1) is 11.3. The van der Waals surface area contributed by atoms with E-state index >= 15 is 0 Å². The summed E-state index contributed by atoms with van der Waals surface area (Å²) in [6, 6.07) is 0.615. The number of amidine groups is 1. The van der Waals surface area contributed by atoms with Gasteiger partial charge in [-0.25, -0.2) is 0 Å². The summed E-state index contributed by atoms with van der Waals surface area (Å²) in [6.45, 7) is 5.56. The second kappa shape index (κ2) is 5.24. The van der Waals surface area contributed by atoms with Crippen molar-refractivity contribution in [1.82, 2.24) is 5.32 Å². The summed E-state index contributed by atoms with van der Waals surface area (Å²) in [7, 11) is 0. The van der Waals surface area contributed by atoms with Crippen molar-refractivity contribution in [3.05, 3.63) is 0 Å².